The van der Waals surface area contributed by atoms with Crippen molar-refractivity contribution in [3.63, 3.8) is 0 Å². The maximum absolute atomic E-state index is 11.6. The summed E-state index contributed by atoms with van der Waals surface area (Å²) in [6, 6.07) is 28.7. The number of benzene rings is 3. The molecule has 0 saturated carbocycles. The minimum atomic E-state index is -0.0874. The molecule has 0 fully saturated rings. The molecular formula is C25H20N4OS. The monoisotopic (exact) mass is 424 g/mol. The standard InChI is InChI=1S/C25H20N4OS/c1-17(30)26-16-22-25(19-8-3-2-4-9-19)27-23-13-14-24(28-29(22)23)31-21-12-11-18-7-5-6-10-20(18)15-21/h2-15H,16H2,1H3,(H,26,30). The van der Waals surface area contributed by atoms with E-state index < -0.39 is 0 Å². The van der Waals surface area contributed by atoms with Gasteiger partial charge in [-0.15, -0.1) is 0 Å². The Kier molecular flexibility index (Phi) is 5.14. The first-order chi connectivity index (χ1) is 15.2. The molecule has 6 heteroatoms. The molecule has 152 valence electrons. The van der Waals surface area contributed by atoms with Crippen molar-refractivity contribution in [2.75, 3.05) is 0 Å². The second kappa shape index (κ2) is 8.24. The van der Waals surface area contributed by atoms with Gasteiger partial charge in [0.25, 0.3) is 0 Å². The minimum absolute atomic E-state index is 0.0874. The highest BCUT2D eigenvalue weighted by molar-refractivity contribution is 7.99. The van der Waals surface area contributed by atoms with Crippen LogP contribution in [-0.2, 0) is 11.3 Å². The summed E-state index contributed by atoms with van der Waals surface area (Å²) in [4.78, 5) is 17.5. The molecule has 5 aromatic rings. The number of hydrogen-bond acceptors (Lipinski definition) is 4. The highest BCUT2D eigenvalue weighted by atomic mass is 32.2. The van der Waals surface area contributed by atoms with Crippen LogP contribution in [0.25, 0.3) is 27.7 Å². The molecule has 0 aliphatic rings. The first-order valence-electron chi connectivity index (χ1n) is 10.0. The van der Waals surface area contributed by atoms with Gasteiger partial charge >= 0.3 is 0 Å². The smallest absolute Gasteiger partial charge is 0.217 e. The molecule has 3 aromatic carbocycles. The van der Waals surface area contributed by atoms with Gasteiger partial charge < -0.3 is 5.32 Å². The molecule has 0 radical (unpaired) electrons. The van der Waals surface area contributed by atoms with Crippen LogP contribution in [0.4, 0.5) is 0 Å². The van der Waals surface area contributed by atoms with E-state index in [-0.39, 0.29) is 5.91 Å². The zero-order valence-corrected chi connectivity index (χ0v) is 17.8. The average Bonchev–Trinajstić information content (AvgIpc) is 3.16. The van der Waals surface area contributed by atoms with E-state index in [9.17, 15) is 4.79 Å². The number of aromatic nitrogens is 3. The van der Waals surface area contributed by atoms with E-state index in [0.29, 0.717) is 6.54 Å². The maximum Gasteiger partial charge on any atom is 0.217 e. The van der Waals surface area contributed by atoms with Gasteiger partial charge in [0.05, 0.1) is 17.9 Å². The summed E-state index contributed by atoms with van der Waals surface area (Å²) in [6.45, 7) is 1.87. The third-order valence-corrected chi connectivity index (χ3v) is 5.96. The Morgan fingerprint density at radius 3 is 2.52 bits per heavy atom. The number of rotatable bonds is 5. The molecule has 0 atom stereocenters. The Morgan fingerprint density at radius 2 is 1.71 bits per heavy atom. The first kappa shape index (κ1) is 19.3. The van der Waals surface area contributed by atoms with Gasteiger partial charge in [-0.3, -0.25) is 4.79 Å². The summed E-state index contributed by atoms with van der Waals surface area (Å²) in [5, 5.41) is 11.0. The molecule has 2 heterocycles. The number of hydrogen-bond donors (Lipinski definition) is 1. The Labute approximate surface area is 184 Å². The van der Waals surface area contributed by atoms with Gasteiger partial charge in [0, 0.05) is 17.4 Å². The maximum atomic E-state index is 11.6. The Bertz CT molecular complexity index is 1400. The van der Waals surface area contributed by atoms with E-state index in [1.54, 1.807) is 11.8 Å². The number of carbonyl (C=O) groups excluding carboxylic acids is 1. The lowest BCUT2D eigenvalue weighted by molar-refractivity contribution is -0.119. The quantitative estimate of drug-likeness (QED) is 0.414. The molecule has 0 bridgehead atoms. The first-order valence-corrected chi connectivity index (χ1v) is 10.8. The predicted octanol–water partition coefficient (Wildman–Crippen LogP) is 5.34. The third kappa shape index (κ3) is 4.02. The molecule has 1 amide bonds. The van der Waals surface area contributed by atoms with Crippen LogP contribution in [0.3, 0.4) is 0 Å². The molecule has 1 N–H and O–H groups in total. The fourth-order valence-electron chi connectivity index (χ4n) is 3.56. The van der Waals surface area contributed by atoms with Crippen LogP contribution in [0.2, 0.25) is 0 Å². The fourth-order valence-corrected chi connectivity index (χ4v) is 4.38. The van der Waals surface area contributed by atoms with Gasteiger partial charge in [-0.2, -0.15) is 5.10 Å². The molecule has 0 saturated heterocycles. The number of amides is 1. The van der Waals surface area contributed by atoms with Crippen molar-refractivity contribution in [1.82, 2.24) is 19.9 Å². The Hall–Kier alpha value is -3.64. The summed E-state index contributed by atoms with van der Waals surface area (Å²) in [7, 11) is 0. The molecular weight excluding hydrogens is 404 g/mol. The molecule has 31 heavy (non-hydrogen) atoms. The van der Waals surface area contributed by atoms with E-state index in [2.05, 4.69) is 35.6 Å². The van der Waals surface area contributed by atoms with Crippen molar-refractivity contribution in [2.45, 2.75) is 23.4 Å². The van der Waals surface area contributed by atoms with Crippen LogP contribution >= 0.6 is 11.8 Å². The third-order valence-electron chi connectivity index (χ3n) is 5.04. The number of nitrogens with zero attached hydrogens (tertiary/aromatic N) is 3. The van der Waals surface area contributed by atoms with E-state index in [1.165, 1.54) is 17.7 Å². The molecule has 0 unspecified atom stereocenters. The summed E-state index contributed by atoms with van der Waals surface area (Å²) in [6.07, 6.45) is 0. The summed E-state index contributed by atoms with van der Waals surface area (Å²) in [5.74, 6) is -0.0874. The Balaban J connectivity index is 1.55. The van der Waals surface area contributed by atoms with Crippen LogP contribution in [0, 0.1) is 0 Å². The van der Waals surface area contributed by atoms with E-state index in [0.717, 1.165) is 32.5 Å². The van der Waals surface area contributed by atoms with Crippen LogP contribution in [0.1, 0.15) is 12.6 Å². The lowest BCUT2D eigenvalue weighted by Crippen LogP contribution is -2.20. The summed E-state index contributed by atoms with van der Waals surface area (Å²) < 4.78 is 1.83. The fraction of sp³-hybridized carbons (Fsp3) is 0.0800. The lowest BCUT2D eigenvalue weighted by atomic mass is 10.1. The van der Waals surface area contributed by atoms with Crippen molar-refractivity contribution in [2.24, 2.45) is 0 Å². The second-order valence-corrected chi connectivity index (χ2v) is 8.33. The van der Waals surface area contributed by atoms with Gasteiger partial charge in [-0.05, 0) is 35.0 Å². The van der Waals surface area contributed by atoms with Crippen molar-refractivity contribution >= 4 is 34.1 Å². The zero-order chi connectivity index (χ0) is 21.2. The summed E-state index contributed by atoms with van der Waals surface area (Å²) in [5.41, 5.74) is 3.44. The number of imidazole rings is 1. The molecule has 0 spiro atoms. The molecule has 0 aliphatic heterocycles. The van der Waals surface area contributed by atoms with Crippen LogP contribution in [0.5, 0.6) is 0 Å². The topological polar surface area (TPSA) is 59.3 Å². The van der Waals surface area contributed by atoms with Crippen molar-refractivity contribution in [3.8, 4) is 11.3 Å². The van der Waals surface area contributed by atoms with Gasteiger partial charge in [0.15, 0.2) is 5.65 Å². The molecule has 2 aromatic heterocycles. The SMILES string of the molecule is CC(=O)NCc1c(-c2ccccc2)nc2ccc(Sc3ccc4ccccc4c3)nn12. The highest BCUT2D eigenvalue weighted by Crippen LogP contribution is 2.30. The number of nitrogens with one attached hydrogen (secondary N) is 1. The number of fused-ring (bicyclic) bond motifs is 2. The van der Waals surface area contributed by atoms with Crippen molar-refractivity contribution in [1.29, 1.82) is 0 Å². The van der Waals surface area contributed by atoms with Crippen molar-refractivity contribution < 1.29 is 4.79 Å². The lowest BCUT2D eigenvalue weighted by Gasteiger charge is -2.07. The zero-order valence-electron chi connectivity index (χ0n) is 16.9. The van der Waals surface area contributed by atoms with E-state index >= 15 is 0 Å². The average molecular weight is 425 g/mol. The molecule has 0 aliphatic carbocycles. The van der Waals surface area contributed by atoms with E-state index in [4.69, 9.17) is 10.1 Å². The minimum Gasteiger partial charge on any atom is -0.351 e. The highest BCUT2D eigenvalue weighted by Gasteiger charge is 2.16. The Morgan fingerprint density at radius 1 is 0.935 bits per heavy atom. The van der Waals surface area contributed by atoms with Gasteiger partial charge in [0.2, 0.25) is 5.91 Å². The van der Waals surface area contributed by atoms with Crippen molar-refractivity contribution in [3.05, 3.63) is 90.6 Å². The largest absolute Gasteiger partial charge is 0.351 e. The normalized spacial score (nSPS) is 11.1. The van der Waals surface area contributed by atoms with Crippen LogP contribution < -0.4 is 5.32 Å². The predicted molar refractivity (Wildman–Crippen MR) is 124 cm³/mol. The molecule has 5 rings (SSSR count). The molecule has 5 nitrogen and oxygen atoms in total. The van der Waals surface area contributed by atoms with Gasteiger partial charge in [0.1, 0.15) is 5.03 Å². The van der Waals surface area contributed by atoms with Gasteiger partial charge in [-0.25, -0.2) is 9.50 Å². The van der Waals surface area contributed by atoms with Gasteiger partial charge in [-0.1, -0.05) is 72.4 Å². The number of carbonyl (C=O) groups is 1. The second-order valence-electron chi connectivity index (χ2n) is 7.24. The van der Waals surface area contributed by atoms with Crippen LogP contribution in [0.15, 0.2) is 94.9 Å². The van der Waals surface area contributed by atoms with Crippen LogP contribution in [-0.4, -0.2) is 20.5 Å². The van der Waals surface area contributed by atoms with E-state index in [1.807, 2.05) is 59.1 Å². The summed E-state index contributed by atoms with van der Waals surface area (Å²) >= 11 is 1.61.